The van der Waals surface area contributed by atoms with Gasteiger partial charge >= 0.3 is 0 Å². The van der Waals surface area contributed by atoms with E-state index in [4.69, 9.17) is 11.6 Å². The van der Waals surface area contributed by atoms with E-state index in [9.17, 15) is 23.0 Å². The molecule has 0 spiro atoms. The third-order valence-corrected chi connectivity index (χ3v) is 7.81. The first kappa shape index (κ1) is 25.9. The molecule has 0 saturated heterocycles. The van der Waals surface area contributed by atoms with Gasteiger partial charge < -0.3 is 20.5 Å². The Kier molecular flexibility index (Phi) is 7.23. The van der Waals surface area contributed by atoms with Crippen LogP contribution in [0.25, 0.3) is 10.1 Å². The van der Waals surface area contributed by atoms with E-state index in [1.165, 1.54) is 29.0 Å². The quantitative estimate of drug-likeness (QED) is 0.311. The van der Waals surface area contributed by atoms with Crippen molar-refractivity contribution >= 4 is 67.6 Å². The van der Waals surface area contributed by atoms with Crippen LogP contribution in [0.2, 0.25) is 5.02 Å². The van der Waals surface area contributed by atoms with Gasteiger partial charge in [-0.15, -0.1) is 0 Å². The number of aromatic nitrogens is 3. The summed E-state index contributed by atoms with van der Waals surface area (Å²) >= 11 is 7.53. The number of imidazole rings is 1. The monoisotopic (exact) mass is 574 g/mol. The SMILES string of the molecule is C[S@](=O)CCNC(=O)c1nc(NC(=O)c2nsc3ccccc23)c2n1CC(=O)N[C@@H]2c1cc(F)ccc1Cl. The lowest BCUT2D eigenvalue weighted by Crippen LogP contribution is -2.41. The van der Waals surface area contributed by atoms with Gasteiger partial charge in [-0.1, -0.05) is 29.8 Å². The average molecular weight is 575 g/mol. The Morgan fingerprint density at radius 2 is 2.05 bits per heavy atom. The number of halogens is 2. The molecule has 0 fully saturated rings. The molecule has 2 atom stereocenters. The van der Waals surface area contributed by atoms with Gasteiger partial charge in [-0.05, 0) is 35.8 Å². The number of amides is 3. The van der Waals surface area contributed by atoms with Crippen molar-refractivity contribution < 1.29 is 23.0 Å². The molecule has 3 amide bonds. The zero-order valence-corrected chi connectivity index (χ0v) is 22.2. The van der Waals surface area contributed by atoms with Crippen molar-refractivity contribution in [2.75, 3.05) is 23.9 Å². The minimum Gasteiger partial charge on any atom is -0.348 e. The van der Waals surface area contributed by atoms with Crippen LogP contribution < -0.4 is 16.0 Å². The van der Waals surface area contributed by atoms with Gasteiger partial charge in [0.2, 0.25) is 11.7 Å². The molecule has 2 aromatic heterocycles. The van der Waals surface area contributed by atoms with Crippen molar-refractivity contribution in [2.45, 2.75) is 12.6 Å². The second-order valence-electron chi connectivity index (χ2n) is 8.44. The van der Waals surface area contributed by atoms with Gasteiger partial charge in [0.05, 0.1) is 16.4 Å². The molecule has 196 valence electrons. The van der Waals surface area contributed by atoms with Crippen LogP contribution in [0.4, 0.5) is 10.2 Å². The minimum absolute atomic E-state index is 0.0124. The topological polar surface area (TPSA) is 135 Å². The highest BCUT2D eigenvalue weighted by Gasteiger charge is 2.36. The van der Waals surface area contributed by atoms with Gasteiger partial charge in [-0.3, -0.25) is 18.6 Å². The number of benzene rings is 2. The summed E-state index contributed by atoms with van der Waals surface area (Å²) in [5, 5.41) is 8.93. The number of anilines is 1. The Morgan fingerprint density at radius 1 is 1.26 bits per heavy atom. The maximum atomic E-state index is 14.2. The van der Waals surface area contributed by atoms with Gasteiger partial charge in [0.15, 0.2) is 5.82 Å². The summed E-state index contributed by atoms with van der Waals surface area (Å²) in [5.41, 5.74) is 0.641. The first-order valence-electron chi connectivity index (χ1n) is 11.3. The molecule has 0 radical (unpaired) electrons. The Bertz CT molecular complexity index is 1620. The van der Waals surface area contributed by atoms with Crippen molar-refractivity contribution in [3.05, 3.63) is 76.1 Å². The third kappa shape index (κ3) is 5.04. The standard InChI is InChI=1S/C24H20ClFN6O4S2/c1-38(36)9-8-27-24(35)22-29-21(30-23(34)19-13-4-2-3-5-16(13)37-31-19)20-18(28-17(33)11-32(20)22)14-10-12(26)6-7-15(14)25/h2-7,10,18H,8-9,11H2,1H3,(H,27,35)(H,28,33)(H,30,34)/t18-,38+/m1/s1. The van der Waals surface area contributed by atoms with E-state index in [0.717, 1.165) is 16.2 Å². The lowest BCUT2D eigenvalue weighted by atomic mass is 10.0. The third-order valence-electron chi connectivity index (χ3n) is 5.86. The first-order chi connectivity index (χ1) is 18.2. The molecule has 0 aliphatic carbocycles. The van der Waals surface area contributed by atoms with Crippen LogP contribution >= 0.6 is 23.1 Å². The normalized spacial score (nSPS) is 15.6. The van der Waals surface area contributed by atoms with Crippen LogP contribution in [0.5, 0.6) is 0 Å². The van der Waals surface area contributed by atoms with E-state index in [2.05, 4.69) is 25.3 Å². The molecule has 3 heterocycles. The van der Waals surface area contributed by atoms with Crippen LogP contribution in [0.15, 0.2) is 42.5 Å². The summed E-state index contributed by atoms with van der Waals surface area (Å²) in [6.07, 6.45) is 1.51. The molecule has 0 saturated carbocycles. The van der Waals surface area contributed by atoms with Crippen molar-refractivity contribution in [3.8, 4) is 0 Å². The largest absolute Gasteiger partial charge is 0.348 e. The molecule has 14 heteroatoms. The molecule has 2 aromatic carbocycles. The molecule has 3 N–H and O–H groups in total. The van der Waals surface area contributed by atoms with Crippen LogP contribution in [0.1, 0.15) is 38.4 Å². The van der Waals surface area contributed by atoms with Crippen molar-refractivity contribution in [1.82, 2.24) is 24.6 Å². The maximum absolute atomic E-state index is 14.2. The molecule has 5 rings (SSSR count). The molecule has 4 aromatic rings. The predicted octanol–water partition coefficient (Wildman–Crippen LogP) is 2.87. The van der Waals surface area contributed by atoms with E-state index in [1.807, 2.05) is 12.1 Å². The van der Waals surface area contributed by atoms with Gasteiger partial charge in [0.25, 0.3) is 11.8 Å². The number of carbonyl (C=O) groups is 3. The van der Waals surface area contributed by atoms with E-state index in [-0.39, 0.29) is 52.5 Å². The van der Waals surface area contributed by atoms with E-state index in [1.54, 1.807) is 12.1 Å². The summed E-state index contributed by atoms with van der Waals surface area (Å²) in [7, 11) is -1.13. The number of hydrogen-bond donors (Lipinski definition) is 3. The van der Waals surface area contributed by atoms with Crippen LogP contribution in [-0.2, 0) is 22.1 Å². The number of hydrogen-bond acceptors (Lipinski definition) is 7. The zero-order chi connectivity index (χ0) is 27.0. The summed E-state index contributed by atoms with van der Waals surface area (Å²) < 4.78 is 32.1. The van der Waals surface area contributed by atoms with Gasteiger partial charge in [0, 0.05) is 45.3 Å². The van der Waals surface area contributed by atoms with Crippen molar-refractivity contribution in [3.63, 3.8) is 0 Å². The molecular formula is C24H20ClFN6O4S2. The smallest absolute Gasteiger partial charge is 0.287 e. The fraction of sp³-hybridized carbons (Fsp3) is 0.208. The van der Waals surface area contributed by atoms with Gasteiger partial charge in [0.1, 0.15) is 18.1 Å². The fourth-order valence-corrected chi connectivity index (χ4v) is 5.56. The highest BCUT2D eigenvalue weighted by molar-refractivity contribution is 7.84. The fourth-order valence-electron chi connectivity index (χ4n) is 4.17. The second-order valence-corrected chi connectivity index (χ2v) is 11.2. The lowest BCUT2D eigenvalue weighted by molar-refractivity contribution is -0.123. The number of rotatable bonds is 7. The van der Waals surface area contributed by atoms with Crippen LogP contribution in [0, 0.1) is 5.82 Å². The van der Waals surface area contributed by atoms with E-state index >= 15 is 0 Å². The molecular weight excluding hydrogens is 555 g/mol. The van der Waals surface area contributed by atoms with E-state index in [0.29, 0.717) is 5.39 Å². The summed E-state index contributed by atoms with van der Waals surface area (Å²) in [6, 6.07) is 9.92. The molecule has 1 aliphatic heterocycles. The molecule has 38 heavy (non-hydrogen) atoms. The number of nitrogens with one attached hydrogen (secondary N) is 3. The maximum Gasteiger partial charge on any atom is 0.287 e. The average Bonchev–Trinajstić information content (AvgIpc) is 3.46. The summed E-state index contributed by atoms with van der Waals surface area (Å²) in [5.74, 6) is -2.18. The Morgan fingerprint density at radius 3 is 2.84 bits per heavy atom. The zero-order valence-electron chi connectivity index (χ0n) is 19.8. The lowest BCUT2D eigenvalue weighted by Gasteiger charge is -2.28. The predicted molar refractivity (Wildman–Crippen MR) is 142 cm³/mol. The van der Waals surface area contributed by atoms with Crippen LogP contribution in [-0.4, -0.2) is 54.4 Å². The minimum atomic E-state index is -1.13. The van der Waals surface area contributed by atoms with Crippen molar-refractivity contribution in [2.24, 2.45) is 0 Å². The Hall–Kier alpha value is -3.68. The molecule has 10 nitrogen and oxygen atoms in total. The Labute approximate surface area is 227 Å². The number of carbonyl (C=O) groups excluding carboxylic acids is 3. The van der Waals surface area contributed by atoms with E-state index < -0.39 is 40.4 Å². The highest BCUT2D eigenvalue weighted by Crippen LogP contribution is 2.36. The summed E-state index contributed by atoms with van der Waals surface area (Å²) in [6.45, 7) is -0.161. The van der Waals surface area contributed by atoms with Gasteiger partial charge in [-0.25, -0.2) is 9.37 Å². The molecule has 1 aliphatic rings. The van der Waals surface area contributed by atoms with Crippen LogP contribution in [0.3, 0.4) is 0 Å². The first-order valence-corrected chi connectivity index (χ1v) is 14.2. The highest BCUT2D eigenvalue weighted by atomic mass is 35.5. The summed E-state index contributed by atoms with van der Waals surface area (Å²) in [4.78, 5) is 43.4. The molecule has 0 bridgehead atoms. The number of nitrogens with zero attached hydrogens (tertiary/aromatic N) is 3. The second kappa shape index (κ2) is 10.6. The molecule has 0 unspecified atom stereocenters. The number of fused-ring (bicyclic) bond motifs is 2. The Balaban J connectivity index is 1.60. The van der Waals surface area contributed by atoms with Crippen molar-refractivity contribution in [1.29, 1.82) is 0 Å². The van der Waals surface area contributed by atoms with Gasteiger partial charge in [-0.2, -0.15) is 4.37 Å².